The Morgan fingerprint density at radius 3 is 3.00 bits per heavy atom. The lowest BCUT2D eigenvalue weighted by Crippen LogP contribution is -2.14. The van der Waals surface area contributed by atoms with E-state index < -0.39 is 0 Å². The Balaban J connectivity index is 2.15. The van der Waals surface area contributed by atoms with Gasteiger partial charge < -0.3 is 14.0 Å². The van der Waals surface area contributed by atoms with Crippen LogP contribution in [0.4, 0.5) is 0 Å². The van der Waals surface area contributed by atoms with Crippen molar-refractivity contribution in [2.24, 2.45) is 13.0 Å². The molecule has 1 saturated heterocycles. The highest BCUT2D eigenvalue weighted by Crippen LogP contribution is 2.32. The Morgan fingerprint density at radius 2 is 2.32 bits per heavy atom. The molecule has 3 rings (SSSR count). The summed E-state index contributed by atoms with van der Waals surface area (Å²) in [5.74, 6) is 0.892. The minimum absolute atomic E-state index is 0.0180. The number of carbonyl (C=O) groups excluding carboxylic acids is 1. The van der Waals surface area contributed by atoms with Gasteiger partial charge >= 0.3 is 0 Å². The van der Waals surface area contributed by atoms with E-state index >= 15 is 0 Å². The van der Waals surface area contributed by atoms with E-state index in [0.717, 1.165) is 28.6 Å². The van der Waals surface area contributed by atoms with Gasteiger partial charge in [-0.15, -0.1) is 0 Å². The lowest BCUT2D eigenvalue weighted by atomic mass is 9.96. The monoisotopic (exact) mass is 259 g/mol. The number of benzene rings is 1. The number of methoxy groups -OCH3 is 1. The maximum atomic E-state index is 12.6. The lowest BCUT2D eigenvalue weighted by molar-refractivity contribution is 0.0901. The van der Waals surface area contributed by atoms with Crippen molar-refractivity contribution in [1.29, 1.82) is 0 Å². The first kappa shape index (κ1) is 12.2. The van der Waals surface area contributed by atoms with Crippen LogP contribution in [-0.2, 0) is 11.8 Å². The number of fused-ring (bicyclic) bond motifs is 1. The summed E-state index contributed by atoms with van der Waals surface area (Å²) in [7, 11) is 3.58. The smallest absolute Gasteiger partial charge is 0.170 e. The van der Waals surface area contributed by atoms with E-state index in [4.69, 9.17) is 9.47 Å². The third-order valence-corrected chi connectivity index (χ3v) is 3.76. The van der Waals surface area contributed by atoms with Crippen molar-refractivity contribution in [2.45, 2.75) is 6.42 Å². The molecule has 1 unspecified atom stereocenters. The fourth-order valence-electron chi connectivity index (χ4n) is 2.73. The Hall–Kier alpha value is -1.81. The highest BCUT2D eigenvalue weighted by atomic mass is 16.5. The number of carbonyl (C=O) groups is 1. The predicted octanol–water partition coefficient (Wildman–Crippen LogP) is 2.41. The van der Waals surface area contributed by atoms with Crippen molar-refractivity contribution in [1.82, 2.24) is 4.57 Å². The van der Waals surface area contributed by atoms with E-state index in [9.17, 15) is 4.79 Å². The van der Waals surface area contributed by atoms with E-state index in [1.807, 2.05) is 36.0 Å². The Labute approximate surface area is 111 Å². The fraction of sp³-hybridized carbons (Fsp3) is 0.400. The highest BCUT2D eigenvalue weighted by Gasteiger charge is 2.28. The number of aromatic nitrogens is 1. The van der Waals surface area contributed by atoms with Crippen molar-refractivity contribution in [3.63, 3.8) is 0 Å². The first-order chi connectivity index (χ1) is 9.22. The normalized spacial score (nSPS) is 18.9. The van der Waals surface area contributed by atoms with Gasteiger partial charge in [0.1, 0.15) is 5.75 Å². The molecule has 100 valence electrons. The van der Waals surface area contributed by atoms with Crippen molar-refractivity contribution in [3.05, 3.63) is 30.0 Å². The molecule has 0 aliphatic carbocycles. The zero-order valence-corrected chi connectivity index (χ0v) is 11.2. The molecule has 0 bridgehead atoms. The second-order valence-corrected chi connectivity index (χ2v) is 4.93. The summed E-state index contributed by atoms with van der Waals surface area (Å²) in [4.78, 5) is 12.6. The van der Waals surface area contributed by atoms with Crippen molar-refractivity contribution in [2.75, 3.05) is 20.3 Å². The minimum atomic E-state index is -0.0180. The second-order valence-electron chi connectivity index (χ2n) is 4.93. The maximum Gasteiger partial charge on any atom is 0.170 e. The van der Waals surface area contributed by atoms with Crippen LogP contribution in [0.5, 0.6) is 5.75 Å². The topological polar surface area (TPSA) is 40.5 Å². The van der Waals surface area contributed by atoms with E-state index in [0.29, 0.717) is 13.2 Å². The van der Waals surface area contributed by atoms with Gasteiger partial charge in [0.15, 0.2) is 5.78 Å². The van der Waals surface area contributed by atoms with Gasteiger partial charge in [0.05, 0.1) is 24.6 Å². The molecular formula is C15H17NO3. The first-order valence-corrected chi connectivity index (χ1v) is 6.46. The van der Waals surface area contributed by atoms with Crippen LogP contribution in [0.15, 0.2) is 24.4 Å². The molecule has 4 heteroatoms. The molecule has 0 saturated carbocycles. The molecule has 1 aliphatic heterocycles. The number of ether oxygens (including phenoxy) is 2. The largest absolute Gasteiger partial charge is 0.496 e. The molecule has 1 aromatic heterocycles. The molecule has 2 heterocycles. The van der Waals surface area contributed by atoms with Crippen molar-refractivity contribution < 1.29 is 14.3 Å². The molecule has 0 N–H and O–H groups in total. The number of hydrogen-bond acceptors (Lipinski definition) is 3. The van der Waals surface area contributed by atoms with Crippen LogP contribution in [0, 0.1) is 5.92 Å². The maximum absolute atomic E-state index is 12.6. The lowest BCUT2D eigenvalue weighted by Gasteiger charge is -2.07. The molecule has 1 aliphatic rings. The number of rotatable bonds is 3. The molecule has 2 aromatic rings. The zero-order chi connectivity index (χ0) is 13.4. The van der Waals surface area contributed by atoms with Gasteiger partial charge in [0, 0.05) is 31.3 Å². The Morgan fingerprint density at radius 1 is 1.47 bits per heavy atom. The summed E-state index contributed by atoms with van der Waals surface area (Å²) < 4.78 is 12.7. The van der Waals surface area contributed by atoms with Crippen molar-refractivity contribution >= 4 is 16.7 Å². The zero-order valence-electron chi connectivity index (χ0n) is 11.2. The molecule has 0 spiro atoms. The summed E-state index contributed by atoms with van der Waals surface area (Å²) >= 11 is 0. The standard InChI is InChI=1S/C15H17NO3/c1-16-8-11(15(17)10-6-7-19-9-10)14-12(16)4-3-5-13(14)18-2/h3-5,8,10H,6-7,9H2,1-2H3. The fourth-order valence-corrected chi connectivity index (χ4v) is 2.73. The highest BCUT2D eigenvalue weighted by molar-refractivity contribution is 6.11. The number of hydrogen-bond donors (Lipinski definition) is 0. The third kappa shape index (κ3) is 1.92. The number of ketones is 1. The number of nitrogens with zero attached hydrogens (tertiary/aromatic N) is 1. The summed E-state index contributed by atoms with van der Waals surface area (Å²) in [6, 6.07) is 5.83. The van der Waals surface area contributed by atoms with Crippen LogP contribution < -0.4 is 4.74 Å². The molecule has 4 nitrogen and oxygen atoms in total. The molecule has 19 heavy (non-hydrogen) atoms. The molecule has 0 amide bonds. The quantitative estimate of drug-likeness (QED) is 0.795. The summed E-state index contributed by atoms with van der Waals surface area (Å²) in [5.41, 5.74) is 1.76. The molecule has 1 fully saturated rings. The minimum Gasteiger partial charge on any atom is -0.496 e. The predicted molar refractivity (Wildman–Crippen MR) is 72.7 cm³/mol. The van der Waals surface area contributed by atoms with E-state index in [1.165, 1.54) is 0 Å². The average Bonchev–Trinajstić information content (AvgIpc) is 3.06. The van der Waals surface area contributed by atoms with Crippen LogP contribution in [0.25, 0.3) is 10.9 Å². The molecule has 0 radical (unpaired) electrons. The summed E-state index contributed by atoms with van der Waals surface area (Å²) in [5, 5.41) is 0.907. The first-order valence-electron chi connectivity index (χ1n) is 6.46. The van der Waals surface area contributed by atoms with Gasteiger partial charge in [-0.25, -0.2) is 0 Å². The van der Waals surface area contributed by atoms with Crippen LogP contribution in [0.2, 0.25) is 0 Å². The van der Waals surface area contributed by atoms with E-state index in [2.05, 4.69) is 0 Å². The van der Waals surface area contributed by atoms with Crippen LogP contribution in [-0.4, -0.2) is 30.7 Å². The number of aryl methyl sites for hydroxylation is 1. The van der Waals surface area contributed by atoms with Gasteiger partial charge in [-0.1, -0.05) is 6.07 Å². The van der Waals surface area contributed by atoms with Gasteiger partial charge in [-0.2, -0.15) is 0 Å². The Kier molecular flexibility index (Phi) is 3.03. The van der Waals surface area contributed by atoms with Gasteiger partial charge in [0.2, 0.25) is 0 Å². The average molecular weight is 259 g/mol. The number of Topliss-reactive ketones (excluding diaryl/α,β-unsaturated/α-hetero) is 1. The molecule has 1 atom stereocenters. The second kappa shape index (κ2) is 4.70. The Bertz CT molecular complexity index is 624. The van der Waals surface area contributed by atoms with Crippen LogP contribution in [0.3, 0.4) is 0 Å². The van der Waals surface area contributed by atoms with Crippen LogP contribution >= 0.6 is 0 Å². The third-order valence-electron chi connectivity index (χ3n) is 3.76. The van der Waals surface area contributed by atoms with Crippen molar-refractivity contribution in [3.8, 4) is 5.75 Å². The van der Waals surface area contributed by atoms with E-state index in [1.54, 1.807) is 7.11 Å². The van der Waals surface area contributed by atoms with Gasteiger partial charge in [-0.05, 0) is 18.6 Å². The summed E-state index contributed by atoms with van der Waals surface area (Å²) in [6.45, 7) is 1.21. The van der Waals surface area contributed by atoms with Gasteiger partial charge in [-0.3, -0.25) is 4.79 Å². The molecular weight excluding hydrogens is 242 g/mol. The van der Waals surface area contributed by atoms with Gasteiger partial charge in [0.25, 0.3) is 0 Å². The summed E-state index contributed by atoms with van der Waals surface area (Å²) in [6.07, 6.45) is 2.71. The molecule has 1 aromatic carbocycles. The van der Waals surface area contributed by atoms with E-state index in [-0.39, 0.29) is 11.7 Å². The van der Waals surface area contributed by atoms with Crippen LogP contribution in [0.1, 0.15) is 16.8 Å². The SMILES string of the molecule is COc1cccc2c1c(C(=O)C1CCOC1)cn2C.